The Morgan fingerprint density at radius 1 is 1.29 bits per heavy atom. The van der Waals surface area contributed by atoms with Gasteiger partial charge in [-0.25, -0.2) is 4.79 Å². The predicted molar refractivity (Wildman–Crippen MR) is 83.0 cm³/mol. The van der Waals surface area contributed by atoms with Gasteiger partial charge in [0.2, 0.25) is 0 Å². The highest BCUT2D eigenvalue weighted by molar-refractivity contribution is 5.80. The van der Waals surface area contributed by atoms with E-state index in [1.54, 1.807) is 0 Å². The van der Waals surface area contributed by atoms with E-state index < -0.39 is 5.60 Å². The van der Waals surface area contributed by atoms with Crippen LogP contribution in [0, 0.1) is 0 Å². The van der Waals surface area contributed by atoms with E-state index in [2.05, 4.69) is 22.8 Å². The van der Waals surface area contributed by atoms with E-state index >= 15 is 0 Å². The maximum Gasteiger partial charge on any atom is 0.411 e. The topological polar surface area (TPSA) is 34.5 Å². The van der Waals surface area contributed by atoms with Gasteiger partial charge in [-0.15, -0.1) is 0 Å². The summed E-state index contributed by atoms with van der Waals surface area (Å²) in [6.45, 7) is 6.26. The summed E-state index contributed by atoms with van der Waals surface area (Å²) in [5.74, 6) is 0. The van der Waals surface area contributed by atoms with Crippen LogP contribution in [0.25, 0.3) is 10.9 Å². The Bertz CT molecular complexity index is 650. The SMILES string of the molecule is CC(C)(C)OC(=O)N(Cn1ccc2ccccc21)C1CC1. The molecule has 0 atom stereocenters. The number of carbonyl (C=O) groups excluding carboxylic acids is 1. The van der Waals surface area contributed by atoms with E-state index in [1.165, 1.54) is 5.39 Å². The minimum absolute atomic E-state index is 0.220. The van der Waals surface area contributed by atoms with Crippen LogP contribution in [0.5, 0.6) is 0 Å². The van der Waals surface area contributed by atoms with Crippen LogP contribution in [0.1, 0.15) is 33.6 Å². The van der Waals surface area contributed by atoms with Crippen LogP contribution in [0.4, 0.5) is 4.79 Å². The van der Waals surface area contributed by atoms with Gasteiger partial charge in [0.1, 0.15) is 12.3 Å². The van der Waals surface area contributed by atoms with Gasteiger partial charge in [0.05, 0.1) is 0 Å². The molecule has 21 heavy (non-hydrogen) atoms. The Morgan fingerprint density at radius 2 is 2.00 bits per heavy atom. The summed E-state index contributed by atoms with van der Waals surface area (Å²) in [6, 6.07) is 10.6. The maximum atomic E-state index is 12.4. The lowest BCUT2D eigenvalue weighted by Crippen LogP contribution is -2.39. The fourth-order valence-electron chi connectivity index (χ4n) is 2.46. The first kappa shape index (κ1) is 14.0. The molecule has 0 N–H and O–H groups in total. The van der Waals surface area contributed by atoms with E-state index in [1.807, 2.05) is 44.0 Å². The second kappa shape index (κ2) is 5.10. The molecule has 1 aromatic heterocycles. The predicted octanol–water partition coefficient (Wildman–Crippen LogP) is 4.00. The van der Waals surface area contributed by atoms with Crippen molar-refractivity contribution in [2.24, 2.45) is 0 Å². The fraction of sp³-hybridized carbons (Fsp3) is 0.471. The second-order valence-electron chi connectivity index (χ2n) is 6.67. The second-order valence-corrected chi connectivity index (χ2v) is 6.67. The van der Waals surface area contributed by atoms with Gasteiger partial charge in [-0.05, 0) is 51.1 Å². The molecule has 1 heterocycles. The number of aromatic nitrogens is 1. The summed E-state index contributed by atoms with van der Waals surface area (Å²) in [4.78, 5) is 14.2. The molecule has 0 saturated heterocycles. The van der Waals surface area contributed by atoms with Crippen LogP contribution in [0.2, 0.25) is 0 Å². The first-order valence-electron chi connectivity index (χ1n) is 7.47. The molecule has 1 amide bonds. The summed E-state index contributed by atoms with van der Waals surface area (Å²) in [6.07, 6.45) is 3.95. The van der Waals surface area contributed by atoms with E-state index in [-0.39, 0.29) is 6.09 Å². The van der Waals surface area contributed by atoms with Gasteiger partial charge in [0.15, 0.2) is 0 Å². The number of fused-ring (bicyclic) bond motifs is 1. The Labute approximate surface area is 125 Å². The van der Waals surface area contributed by atoms with E-state index in [9.17, 15) is 4.79 Å². The molecule has 0 bridgehead atoms. The third kappa shape index (κ3) is 3.20. The molecule has 2 aromatic rings. The molecule has 0 spiro atoms. The summed E-state index contributed by atoms with van der Waals surface area (Å²) in [7, 11) is 0. The third-order valence-corrected chi connectivity index (χ3v) is 3.60. The molecule has 112 valence electrons. The van der Waals surface area contributed by atoms with Gasteiger partial charge in [-0.2, -0.15) is 0 Å². The van der Waals surface area contributed by atoms with Crippen LogP contribution in [0.3, 0.4) is 0 Å². The molecule has 3 rings (SSSR count). The van der Waals surface area contributed by atoms with Crippen molar-refractivity contribution in [3.63, 3.8) is 0 Å². The number of hydrogen-bond donors (Lipinski definition) is 0. The molecule has 1 aliphatic rings. The molecular formula is C17H22N2O2. The monoisotopic (exact) mass is 286 g/mol. The molecular weight excluding hydrogens is 264 g/mol. The average Bonchev–Trinajstić information content (AvgIpc) is 3.15. The Hall–Kier alpha value is -1.97. The van der Waals surface area contributed by atoms with Crippen molar-refractivity contribution < 1.29 is 9.53 Å². The van der Waals surface area contributed by atoms with Gasteiger partial charge in [-0.3, -0.25) is 4.90 Å². The van der Waals surface area contributed by atoms with Gasteiger partial charge >= 0.3 is 6.09 Å². The lowest BCUT2D eigenvalue weighted by atomic mass is 10.2. The van der Waals surface area contributed by atoms with Gasteiger partial charge in [0.25, 0.3) is 0 Å². The highest BCUT2D eigenvalue weighted by atomic mass is 16.6. The maximum absolute atomic E-state index is 12.4. The zero-order valence-corrected chi connectivity index (χ0v) is 12.9. The quantitative estimate of drug-likeness (QED) is 0.854. The highest BCUT2D eigenvalue weighted by Gasteiger charge is 2.35. The first-order valence-corrected chi connectivity index (χ1v) is 7.47. The van der Waals surface area contributed by atoms with E-state index in [0.717, 1.165) is 18.4 Å². The normalized spacial score (nSPS) is 15.2. The van der Waals surface area contributed by atoms with Crippen molar-refractivity contribution in [3.05, 3.63) is 36.5 Å². The van der Waals surface area contributed by atoms with Crippen molar-refractivity contribution in [1.29, 1.82) is 0 Å². The summed E-state index contributed by atoms with van der Waals surface area (Å²) in [5.41, 5.74) is 0.690. The third-order valence-electron chi connectivity index (χ3n) is 3.60. The number of carbonyl (C=O) groups is 1. The number of ether oxygens (including phenoxy) is 1. The fourth-order valence-corrected chi connectivity index (χ4v) is 2.46. The summed E-state index contributed by atoms with van der Waals surface area (Å²) < 4.78 is 7.64. The van der Waals surface area contributed by atoms with Crippen LogP contribution < -0.4 is 0 Å². The number of hydrogen-bond acceptors (Lipinski definition) is 2. The van der Waals surface area contributed by atoms with Gasteiger partial charge in [-0.1, -0.05) is 18.2 Å². The number of nitrogens with zero attached hydrogens (tertiary/aromatic N) is 2. The Balaban J connectivity index is 1.81. The average molecular weight is 286 g/mol. The standard InChI is InChI=1S/C17H22N2O2/c1-17(2,3)21-16(20)19(14-8-9-14)12-18-11-10-13-6-4-5-7-15(13)18/h4-7,10-11,14H,8-9,12H2,1-3H3. The number of amides is 1. The summed E-state index contributed by atoms with van der Waals surface area (Å²) in [5, 5.41) is 1.19. The van der Waals surface area contributed by atoms with Crippen LogP contribution in [0.15, 0.2) is 36.5 Å². The van der Waals surface area contributed by atoms with E-state index in [0.29, 0.717) is 12.7 Å². The molecule has 0 aliphatic heterocycles. The first-order chi connectivity index (χ1) is 9.94. The molecule has 0 unspecified atom stereocenters. The number of rotatable bonds is 3. The zero-order chi connectivity index (χ0) is 15.0. The molecule has 0 radical (unpaired) electrons. The van der Waals surface area contributed by atoms with Gasteiger partial charge < -0.3 is 9.30 Å². The van der Waals surface area contributed by atoms with Crippen molar-refractivity contribution in [1.82, 2.24) is 9.47 Å². The van der Waals surface area contributed by atoms with Crippen molar-refractivity contribution in [3.8, 4) is 0 Å². The van der Waals surface area contributed by atoms with Gasteiger partial charge in [0, 0.05) is 17.8 Å². The molecule has 1 aromatic carbocycles. The lowest BCUT2D eigenvalue weighted by molar-refractivity contribution is 0.0173. The highest BCUT2D eigenvalue weighted by Crippen LogP contribution is 2.29. The van der Waals surface area contributed by atoms with E-state index in [4.69, 9.17) is 4.74 Å². The minimum atomic E-state index is -0.455. The molecule has 1 saturated carbocycles. The summed E-state index contributed by atoms with van der Waals surface area (Å²) >= 11 is 0. The van der Waals surface area contributed by atoms with Crippen molar-refractivity contribution in [2.45, 2.75) is 51.9 Å². The Kier molecular flexibility index (Phi) is 3.40. The van der Waals surface area contributed by atoms with Crippen molar-refractivity contribution >= 4 is 17.0 Å². The smallest absolute Gasteiger partial charge is 0.411 e. The molecule has 4 heteroatoms. The number of para-hydroxylation sites is 1. The zero-order valence-electron chi connectivity index (χ0n) is 12.9. The number of benzene rings is 1. The van der Waals surface area contributed by atoms with Crippen LogP contribution in [-0.2, 0) is 11.4 Å². The Morgan fingerprint density at radius 3 is 2.67 bits per heavy atom. The van der Waals surface area contributed by atoms with Crippen LogP contribution >= 0.6 is 0 Å². The molecule has 1 aliphatic carbocycles. The van der Waals surface area contributed by atoms with Crippen molar-refractivity contribution in [2.75, 3.05) is 0 Å². The molecule has 1 fully saturated rings. The van der Waals surface area contributed by atoms with Crippen LogP contribution in [-0.4, -0.2) is 27.2 Å². The minimum Gasteiger partial charge on any atom is -0.444 e. The largest absolute Gasteiger partial charge is 0.444 e. The molecule has 4 nitrogen and oxygen atoms in total. The lowest BCUT2D eigenvalue weighted by Gasteiger charge is -2.28.